The molecule has 5 nitrogen and oxygen atoms in total. The molecular weight excluding hydrogens is 441 g/mol. The van der Waals surface area contributed by atoms with Crippen LogP contribution in [0.15, 0.2) is 53.4 Å². The second kappa shape index (κ2) is 7.10. The van der Waals surface area contributed by atoms with Crippen LogP contribution in [-0.2, 0) is 14.6 Å². The molecule has 7 heteroatoms. The quantitative estimate of drug-likeness (QED) is 0.717. The lowest BCUT2D eigenvalue weighted by atomic mass is 10.0. The molecule has 0 bridgehead atoms. The van der Waals surface area contributed by atoms with Gasteiger partial charge in [-0.15, -0.1) is 0 Å². The highest BCUT2D eigenvalue weighted by atomic mass is 127. The smallest absolute Gasteiger partial charge is 0.258 e. The van der Waals surface area contributed by atoms with Crippen molar-refractivity contribution in [3.63, 3.8) is 0 Å². The monoisotopic (exact) mass is 457 g/mol. The van der Waals surface area contributed by atoms with Crippen LogP contribution < -0.4 is 10.1 Å². The first-order valence-electron chi connectivity index (χ1n) is 7.45. The molecule has 1 atom stereocenters. The van der Waals surface area contributed by atoms with Gasteiger partial charge in [0.1, 0.15) is 5.75 Å². The number of fused-ring (bicyclic) bond motifs is 1. The number of sulfone groups is 1. The number of carbonyl (C=O) groups is 1. The van der Waals surface area contributed by atoms with E-state index in [0.29, 0.717) is 22.6 Å². The number of halogens is 1. The third-order valence-corrected chi connectivity index (χ3v) is 6.36. The molecule has 1 amide bonds. The normalized spacial score (nSPS) is 18.5. The fraction of sp³-hybridized carbons (Fsp3) is 0.235. The van der Waals surface area contributed by atoms with Gasteiger partial charge in [-0.05, 0) is 64.9 Å². The minimum atomic E-state index is -3.25. The molecule has 2 aromatic rings. The Morgan fingerprint density at radius 2 is 1.88 bits per heavy atom. The van der Waals surface area contributed by atoms with Gasteiger partial charge in [-0.3, -0.25) is 4.79 Å². The second-order valence-electron chi connectivity index (χ2n) is 5.51. The van der Waals surface area contributed by atoms with Crippen molar-refractivity contribution in [2.24, 2.45) is 0 Å². The summed E-state index contributed by atoms with van der Waals surface area (Å²) in [6.45, 7) is -0.105. The summed E-state index contributed by atoms with van der Waals surface area (Å²) in [5, 5.41) is 2.86. The number of hydrogen-bond acceptors (Lipinski definition) is 4. The molecule has 0 spiro atoms. The lowest BCUT2D eigenvalue weighted by Crippen LogP contribution is -2.36. The first kappa shape index (κ1) is 17.2. The maximum Gasteiger partial charge on any atom is 0.258 e. The molecule has 24 heavy (non-hydrogen) atoms. The van der Waals surface area contributed by atoms with Crippen LogP contribution >= 0.6 is 22.6 Å². The number of benzene rings is 2. The minimum Gasteiger partial charge on any atom is -0.484 e. The van der Waals surface area contributed by atoms with Crippen LogP contribution in [0, 0.1) is 3.57 Å². The van der Waals surface area contributed by atoms with Gasteiger partial charge in [0.25, 0.3) is 5.91 Å². The molecule has 1 heterocycles. The van der Waals surface area contributed by atoms with Crippen LogP contribution in [0.4, 0.5) is 0 Å². The van der Waals surface area contributed by atoms with Gasteiger partial charge in [0.05, 0.1) is 16.7 Å². The van der Waals surface area contributed by atoms with Gasteiger partial charge >= 0.3 is 0 Å². The lowest BCUT2D eigenvalue weighted by molar-refractivity contribution is -0.123. The van der Waals surface area contributed by atoms with Gasteiger partial charge < -0.3 is 10.1 Å². The van der Waals surface area contributed by atoms with Crippen molar-refractivity contribution < 1.29 is 17.9 Å². The summed E-state index contributed by atoms with van der Waals surface area (Å²) >= 11 is 2.19. The zero-order chi connectivity index (χ0) is 17.2. The molecule has 1 unspecified atom stereocenters. The van der Waals surface area contributed by atoms with Gasteiger partial charge in [0, 0.05) is 3.57 Å². The van der Waals surface area contributed by atoms with Crippen molar-refractivity contribution in [1.82, 2.24) is 5.32 Å². The Morgan fingerprint density at radius 3 is 2.62 bits per heavy atom. The molecule has 0 radical (unpaired) electrons. The third kappa shape index (κ3) is 3.89. The van der Waals surface area contributed by atoms with E-state index >= 15 is 0 Å². The SMILES string of the molecule is O=C(COc1ccc(I)cc1)NC1CCS(=O)(=O)c2ccccc21. The first-order chi connectivity index (χ1) is 11.5. The van der Waals surface area contributed by atoms with Crippen LogP contribution in [0.1, 0.15) is 18.0 Å². The summed E-state index contributed by atoms with van der Waals surface area (Å²) in [6, 6.07) is 13.9. The Bertz CT molecular complexity index is 849. The first-order valence-corrected chi connectivity index (χ1v) is 10.2. The van der Waals surface area contributed by atoms with E-state index in [1.54, 1.807) is 36.4 Å². The molecule has 0 saturated carbocycles. The van der Waals surface area contributed by atoms with Crippen molar-refractivity contribution in [3.8, 4) is 5.75 Å². The molecule has 0 saturated heterocycles. The Hall–Kier alpha value is -1.61. The largest absolute Gasteiger partial charge is 0.484 e. The number of hydrogen-bond donors (Lipinski definition) is 1. The van der Waals surface area contributed by atoms with Crippen LogP contribution in [-0.4, -0.2) is 26.7 Å². The zero-order valence-electron chi connectivity index (χ0n) is 12.7. The molecule has 0 aliphatic carbocycles. The highest BCUT2D eigenvalue weighted by molar-refractivity contribution is 14.1. The lowest BCUT2D eigenvalue weighted by Gasteiger charge is -2.26. The average Bonchev–Trinajstić information content (AvgIpc) is 2.57. The summed E-state index contributed by atoms with van der Waals surface area (Å²) in [4.78, 5) is 12.4. The number of amides is 1. The third-order valence-electron chi connectivity index (χ3n) is 3.82. The van der Waals surface area contributed by atoms with Gasteiger partial charge in [-0.2, -0.15) is 0 Å². The van der Waals surface area contributed by atoms with Crippen molar-refractivity contribution in [1.29, 1.82) is 0 Å². The highest BCUT2D eigenvalue weighted by Gasteiger charge is 2.30. The van der Waals surface area contributed by atoms with Crippen LogP contribution in [0.2, 0.25) is 0 Å². The molecule has 1 aliphatic rings. The maximum absolute atomic E-state index is 12.1. The summed E-state index contributed by atoms with van der Waals surface area (Å²) in [5.74, 6) is 0.386. The zero-order valence-corrected chi connectivity index (χ0v) is 15.7. The summed E-state index contributed by atoms with van der Waals surface area (Å²) < 4.78 is 30.8. The molecule has 1 N–H and O–H groups in total. The maximum atomic E-state index is 12.1. The Labute approximate surface area is 154 Å². The van der Waals surface area contributed by atoms with E-state index in [1.165, 1.54) is 0 Å². The van der Waals surface area contributed by atoms with E-state index in [9.17, 15) is 13.2 Å². The molecule has 0 aromatic heterocycles. The molecular formula is C17H16INO4S. The van der Waals surface area contributed by atoms with Gasteiger partial charge in [-0.25, -0.2) is 8.42 Å². The van der Waals surface area contributed by atoms with E-state index < -0.39 is 9.84 Å². The number of ether oxygens (including phenoxy) is 1. The van der Waals surface area contributed by atoms with Crippen LogP contribution in [0.3, 0.4) is 0 Å². The molecule has 3 rings (SSSR count). The topological polar surface area (TPSA) is 72.5 Å². The van der Waals surface area contributed by atoms with Crippen molar-refractivity contribution in [3.05, 3.63) is 57.7 Å². The number of rotatable bonds is 4. The molecule has 2 aromatic carbocycles. The fourth-order valence-electron chi connectivity index (χ4n) is 2.66. The van der Waals surface area contributed by atoms with E-state index in [2.05, 4.69) is 27.9 Å². The van der Waals surface area contributed by atoms with Crippen molar-refractivity contribution >= 4 is 38.3 Å². The molecule has 1 aliphatic heterocycles. The number of carbonyl (C=O) groups excluding carboxylic acids is 1. The summed E-state index contributed by atoms with van der Waals surface area (Å²) in [7, 11) is -3.25. The van der Waals surface area contributed by atoms with Gasteiger partial charge in [0.15, 0.2) is 16.4 Å². The second-order valence-corrected chi connectivity index (χ2v) is 8.83. The van der Waals surface area contributed by atoms with E-state index in [1.807, 2.05) is 12.1 Å². The average molecular weight is 457 g/mol. The van der Waals surface area contributed by atoms with Crippen molar-refractivity contribution in [2.45, 2.75) is 17.4 Å². The number of nitrogens with one attached hydrogen (secondary N) is 1. The fourth-order valence-corrected chi connectivity index (χ4v) is 4.64. The van der Waals surface area contributed by atoms with E-state index in [0.717, 1.165) is 3.57 Å². The molecule has 126 valence electrons. The predicted molar refractivity (Wildman–Crippen MR) is 98.6 cm³/mol. The van der Waals surface area contributed by atoms with Gasteiger partial charge in [0.2, 0.25) is 0 Å². The van der Waals surface area contributed by atoms with Crippen LogP contribution in [0.5, 0.6) is 5.75 Å². The van der Waals surface area contributed by atoms with Crippen molar-refractivity contribution in [2.75, 3.05) is 12.4 Å². The summed E-state index contributed by atoms with van der Waals surface area (Å²) in [5.41, 5.74) is 0.645. The Morgan fingerprint density at radius 1 is 1.17 bits per heavy atom. The van der Waals surface area contributed by atoms with Gasteiger partial charge in [-0.1, -0.05) is 18.2 Å². The summed E-state index contributed by atoms with van der Waals surface area (Å²) in [6.07, 6.45) is 0.370. The van der Waals surface area contributed by atoms with E-state index in [-0.39, 0.29) is 24.3 Å². The predicted octanol–water partition coefficient (Wildman–Crippen LogP) is 2.70. The Balaban J connectivity index is 1.66. The standard InChI is InChI=1S/C17H16INO4S/c18-12-5-7-13(8-6-12)23-11-17(20)19-15-9-10-24(21,22)16-4-2-1-3-14(15)16/h1-8,15H,9-11H2,(H,19,20). The van der Waals surface area contributed by atoms with Crippen LogP contribution in [0.25, 0.3) is 0 Å². The minimum absolute atomic E-state index is 0.0347. The Kier molecular flexibility index (Phi) is 5.09. The highest BCUT2D eigenvalue weighted by Crippen LogP contribution is 2.31. The molecule has 0 fully saturated rings. The van der Waals surface area contributed by atoms with E-state index in [4.69, 9.17) is 4.74 Å².